The number of ether oxygens (including phenoxy) is 2. The summed E-state index contributed by atoms with van der Waals surface area (Å²) in [4.78, 5) is 41.5. The number of fused-ring (bicyclic) bond motifs is 1. The number of aliphatic hydroxyl groups excluding tert-OH is 1. The third-order valence-corrected chi connectivity index (χ3v) is 7.98. The summed E-state index contributed by atoms with van der Waals surface area (Å²) in [6.07, 6.45) is -0.700. The Morgan fingerprint density at radius 2 is 1.87 bits per heavy atom. The number of rotatable bonds is 9. The van der Waals surface area contributed by atoms with Crippen molar-refractivity contribution >= 4 is 27.5 Å². The Balaban J connectivity index is 1.80. The van der Waals surface area contributed by atoms with Gasteiger partial charge < -0.3 is 14.6 Å². The van der Waals surface area contributed by atoms with Gasteiger partial charge in [0.25, 0.3) is 5.56 Å². The van der Waals surface area contributed by atoms with Gasteiger partial charge in [-0.2, -0.15) is 0 Å². The summed E-state index contributed by atoms with van der Waals surface area (Å²) in [7, 11) is 1.40. The second kappa shape index (κ2) is 11.3. The van der Waals surface area contributed by atoms with E-state index in [0.29, 0.717) is 22.2 Å². The molecule has 0 spiro atoms. The van der Waals surface area contributed by atoms with Crippen LogP contribution in [-0.4, -0.2) is 27.3 Å². The Kier molecular flexibility index (Phi) is 8.13. The minimum Gasteiger partial charge on any atom is -0.496 e. The summed E-state index contributed by atoms with van der Waals surface area (Å²) in [5, 5.41) is 11.4. The average Bonchev–Trinajstić information content (AvgIpc) is 3.26. The van der Waals surface area contributed by atoms with E-state index in [9.17, 15) is 23.9 Å². The van der Waals surface area contributed by atoms with Crippen molar-refractivity contribution in [2.45, 2.75) is 52.5 Å². The molecule has 0 aliphatic rings. The number of aryl methyl sites for hydroxylation is 2. The van der Waals surface area contributed by atoms with Crippen LogP contribution in [0, 0.1) is 12.7 Å². The van der Waals surface area contributed by atoms with E-state index in [1.165, 1.54) is 42.1 Å². The predicted octanol–water partition coefficient (Wildman–Crippen LogP) is 4.28. The van der Waals surface area contributed by atoms with Crippen molar-refractivity contribution in [2.75, 3.05) is 7.11 Å². The smallest absolute Gasteiger partial charge is 0.333 e. The van der Waals surface area contributed by atoms with Crippen molar-refractivity contribution in [1.82, 2.24) is 9.13 Å². The van der Waals surface area contributed by atoms with Crippen LogP contribution in [0.25, 0.3) is 10.2 Å². The molecule has 0 aliphatic heterocycles. The van der Waals surface area contributed by atoms with Crippen LogP contribution in [0.1, 0.15) is 47.6 Å². The zero-order chi connectivity index (χ0) is 27.6. The highest BCUT2D eigenvalue weighted by atomic mass is 32.1. The first-order valence-electron chi connectivity index (χ1n) is 12.2. The molecular formula is C28H29FN2O6S. The third-order valence-electron chi connectivity index (χ3n) is 6.52. The molecule has 1 unspecified atom stereocenters. The number of halogens is 1. The lowest BCUT2D eigenvalue weighted by atomic mass is 10.1. The van der Waals surface area contributed by atoms with E-state index in [2.05, 4.69) is 0 Å². The van der Waals surface area contributed by atoms with Gasteiger partial charge >= 0.3 is 11.7 Å². The summed E-state index contributed by atoms with van der Waals surface area (Å²) in [5.74, 6) is -1.06. The molecule has 0 fully saturated rings. The second-order valence-corrected chi connectivity index (χ2v) is 10.0. The summed E-state index contributed by atoms with van der Waals surface area (Å²) >= 11 is 1.28. The number of esters is 1. The van der Waals surface area contributed by atoms with Crippen LogP contribution in [-0.2, 0) is 29.1 Å². The molecule has 0 bridgehead atoms. The Hall–Kier alpha value is -3.76. The first kappa shape index (κ1) is 27.3. The van der Waals surface area contributed by atoms with Crippen LogP contribution in [0.5, 0.6) is 5.75 Å². The molecule has 200 valence electrons. The van der Waals surface area contributed by atoms with Crippen LogP contribution in [0.2, 0.25) is 0 Å². The molecule has 0 aliphatic carbocycles. The second-order valence-electron chi connectivity index (χ2n) is 8.92. The van der Waals surface area contributed by atoms with Crippen molar-refractivity contribution < 1.29 is 23.8 Å². The minimum absolute atomic E-state index is 0.00919. The maximum absolute atomic E-state index is 14.0. The normalized spacial score (nSPS) is 12.9. The fourth-order valence-corrected chi connectivity index (χ4v) is 5.68. The zero-order valence-corrected chi connectivity index (χ0v) is 22.4. The Morgan fingerprint density at radius 1 is 1.16 bits per heavy atom. The third kappa shape index (κ3) is 5.14. The molecule has 8 nitrogen and oxygen atoms in total. The van der Waals surface area contributed by atoms with Crippen molar-refractivity contribution in [1.29, 1.82) is 0 Å². The molecule has 0 saturated carbocycles. The van der Waals surface area contributed by atoms with Crippen LogP contribution < -0.4 is 16.0 Å². The first-order chi connectivity index (χ1) is 18.2. The van der Waals surface area contributed by atoms with Crippen LogP contribution in [0.4, 0.5) is 4.39 Å². The van der Waals surface area contributed by atoms with Crippen LogP contribution >= 0.6 is 11.3 Å². The van der Waals surface area contributed by atoms with Gasteiger partial charge in [0.15, 0.2) is 0 Å². The Labute approximate surface area is 222 Å². The topological polar surface area (TPSA) is 99.8 Å². The highest BCUT2D eigenvalue weighted by molar-refractivity contribution is 7.18. The predicted molar refractivity (Wildman–Crippen MR) is 143 cm³/mol. The van der Waals surface area contributed by atoms with Gasteiger partial charge in [-0.25, -0.2) is 18.5 Å². The highest BCUT2D eigenvalue weighted by Crippen LogP contribution is 2.31. The molecule has 2 aromatic heterocycles. The molecule has 2 heterocycles. The standard InChI is InChI=1S/C28H29FN2O6S/c1-5-23-16(2)24-25(33)31(17(3)27(34)37-15-18-9-7-6-8-10-18)28(35)30(26(24)38-23)14-21(32)20-13-19(29)11-12-22(20)36-4/h6-13,17,21,32H,5,14-15H2,1-4H3/t17?,21-/m0/s1. The van der Waals surface area contributed by atoms with Crippen molar-refractivity contribution in [2.24, 2.45) is 0 Å². The molecule has 4 aromatic rings. The van der Waals surface area contributed by atoms with E-state index in [4.69, 9.17) is 9.47 Å². The minimum atomic E-state index is -1.33. The van der Waals surface area contributed by atoms with E-state index in [1.807, 2.05) is 25.1 Å². The summed E-state index contributed by atoms with van der Waals surface area (Å²) < 4.78 is 26.8. The fourth-order valence-electron chi connectivity index (χ4n) is 4.44. The summed E-state index contributed by atoms with van der Waals surface area (Å²) in [5.41, 5.74) is 0.260. The summed E-state index contributed by atoms with van der Waals surface area (Å²) in [6.45, 7) is 4.87. The molecular weight excluding hydrogens is 511 g/mol. The van der Waals surface area contributed by atoms with E-state index in [1.54, 1.807) is 19.1 Å². The number of carbonyl (C=O) groups is 1. The molecule has 1 N–H and O–H groups in total. The monoisotopic (exact) mass is 540 g/mol. The van der Waals surface area contributed by atoms with Crippen LogP contribution in [0.15, 0.2) is 58.1 Å². The number of thiophene rings is 1. The Bertz CT molecular complexity index is 1590. The molecule has 4 rings (SSSR count). The quantitative estimate of drug-likeness (QED) is 0.318. The number of benzene rings is 2. The number of nitrogens with zero attached hydrogens (tertiary/aromatic N) is 2. The average molecular weight is 541 g/mol. The lowest BCUT2D eigenvalue weighted by Gasteiger charge is -2.20. The number of hydrogen-bond donors (Lipinski definition) is 1. The SMILES string of the molecule is CCc1sc2c(c1C)c(=O)n(C(C)C(=O)OCc1ccccc1)c(=O)n2C[C@H](O)c1cc(F)ccc1OC. The van der Waals surface area contributed by atoms with Crippen molar-refractivity contribution in [3.63, 3.8) is 0 Å². The van der Waals surface area contributed by atoms with Gasteiger partial charge in [0, 0.05) is 10.4 Å². The van der Waals surface area contributed by atoms with Gasteiger partial charge in [0.05, 0.1) is 19.0 Å². The Morgan fingerprint density at radius 3 is 2.53 bits per heavy atom. The van der Waals surface area contributed by atoms with Crippen molar-refractivity contribution in [3.05, 3.63) is 96.8 Å². The maximum atomic E-state index is 14.0. The number of aromatic nitrogens is 2. The largest absolute Gasteiger partial charge is 0.496 e. The van der Waals surface area contributed by atoms with Gasteiger partial charge in [0.1, 0.15) is 35.1 Å². The van der Waals surface area contributed by atoms with E-state index in [0.717, 1.165) is 21.1 Å². The molecule has 38 heavy (non-hydrogen) atoms. The number of methoxy groups -OCH3 is 1. The number of hydrogen-bond acceptors (Lipinski definition) is 7. The molecule has 10 heteroatoms. The lowest BCUT2D eigenvalue weighted by Crippen LogP contribution is -2.44. The van der Waals surface area contributed by atoms with Gasteiger partial charge in [-0.05, 0) is 49.6 Å². The van der Waals surface area contributed by atoms with E-state index in [-0.39, 0.29) is 24.5 Å². The molecule has 0 amide bonds. The molecule has 0 radical (unpaired) electrons. The first-order valence-corrected chi connectivity index (χ1v) is 13.0. The number of carbonyl (C=O) groups excluding carboxylic acids is 1. The van der Waals surface area contributed by atoms with Gasteiger partial charge in [0.2, 0.25) is 0 Å². The fraction of sp³-hybridized carbons (Fsp3) is 0.321. The van der Waals surface area contributed by atoms with Crippen LogP contribution in [0.3, 0.4) is 0 Å². The molecule has 2 atom stereocenters. The summed E-state index contributed by atoms with van der Waals surface area (Å²) in [6, 6.07) is 11.6. The highest BCUT2D eigenvalue weighted by Gasteiger charge is 2.28. The van der Waals surface area contributed by atoms with E-state index >= 15 is 0 Å². The van der Waals surface area contributed by atoms with Crippen molar-refractivity contribution in [3.8, 4) is 5.75 Å². The van der Waals surface area contributed by atoms with Gasteiger partial charge in [-0.15, -0.1) is 11.3 Å². The lowest BCUT2D eigenvalue weighted by molar-refractivity contribution is -0.148. The molecule has 2 aromatic carbocycles. The zero-order valence-electron chi connectivity index (χ0n) is 21.6. The van der Waals surface area contributed by atoms with Gasteiger partial charge in [-0.3, -0.25) is 9.36 Å². The molecule has 0 saturated heterocycles. The van der Waals surface area contributed by atoms with E-state index < -0.39 is 35.2 Å². The maximum Gasteiger partial charge on any atom is 0.333 e. The van der Waals surface area contributed by atoms with Gasteiger partial charge in [-0.1, -0.05) is 37.3 Å². The number of aliphatic hydroxyl groups is 1.